The van der Waals surface area contributed by atoms with Crippen LogP contribution in [0.3, 0.4) is 0 Å². The summed E-state index contributed by atoms with van der Waals surface area (Å²) in [7, 11) is -4.21. The molecule has 0 bridgehead atoms. The molecule has 0 heterocycles. The van der Waals surface area contributed by atoms with E-state index in [1.165, 1.54) is 24.3 Å². The van der Waals surface area contributed by atoms with E-state index in [-0.39, 0.29) is 46.2 Å². The zero-order chi connectivity index (χ0) is 14.3. The first kappa shape index (κ1) is 19.6. The Morgan fingerprint density at radius 2 is 1.75 bits per heavy atom. The van der Waals surface area contributed by atoms with Crippen LogP contribution in [0.2, 0.25) is 0 Å². The predicted octanol–water partition coefficient (Wildman–Crippen LogP) is 2.16. The van der Waals surface area contributed by atoms with E-state index in [0.717, 1.165) is 25.7 Å². The van der Waals surface area contributed by atoms with Crippen molar-refractivity contribution in [2.24, 2.45) is 0 Å². The van der Waals surface area contributed by atoms with Gasteiger partial charge in [-0.25, -0.2) is 0 Å². The second-order valence-corrected chi connectivity index (χ2v) is 5.65. The van der Waals surface area contributed by atoms with Gasteiger partial charge < -0.3 is 4.74 Å². The molecule has 0 saturated heterocycles. The molecule has 0 amide bonds. The topological polar surface area (TPSA) is 80.7 Å². The number of benzene rings is 1. The van der Waals surface area contributed by atoms with Gasteiger partial charge in [0.05, 0.1) is 4.90 Å². The van der Waals surface area contributed by atoms with Crippen molar-refractivity contribution in [1.29, 1.82) is 0 Å². The molecule has 20 heavy (non-hydrogen) atoms. The summed E-state index contributed by atoms with van der Waals surface area (Å²) >= 11 is 0. The molecule has 1 aromatic rings. The number of ether oxygens (including phenoxy) is 1. The summed E-state index contributed by atoms with van der Waals surface area (Å²) in [5, 5.41) is 0. The molecule has 0 unspecified atom stereocenters. The average Bonchev–Trinajstić information content (AvgIpc) is 2.34. The van der Waals surface area contributed by atoms with E-state index in [4.69, 9.17) is 9.29 Å². The fourth-order valence-electron chi connectivity index (χ4n) is 1.56. The Bertz CT molecular complexity index is 510. The van der Waals surface area contributed by atoms with Crippen molar-refractivity contribution in [3.63, 3.8) is 0 Å². The molecule has 5 nitrogen and oxygen atoms in total. The van der Waals surface area contributed by atoms with Gasteiger partial charge in [-0.3, -0.25) is 9.35 Å². The van der Waals surface area contributed by atoms with Crippen LogP contribution in [0.25, 0.3) is 0 Å². The molecule has 108 valence electrons. The number of unbranched alkanes of at least 4 members (excludes halogenated alkanes) is 3. The van der Waals surface area contributed by atoms with Crippen LogP contribution in [0.4, 0.5) is 0 Å². The second-order valence-electron chi connectivity index (χ2n) is 4.23. The number of hydrogen-bond donors (Lipinski definition) is 1. The van der Waals surface area contributed by atoms with Crippen LogP contribution in [0.1, 0.15) is 39.0 Å². The van der Waals surface area contributed by atoms with Crippen LogP contribution < -0.4 is 4.74 Å². The van der Waals surface area contributed by atoms with Crippen molar-refractivity contribution in [2.75, 3.05) is 0 Å². The summed E-state index contributed by atoms with van der Waals surface area (Å²) in [6.07, 6.45) is 4.32. The van der Waals surface area contributed by atoms with Gasteiger partial charge in [-0.1, -0.05) is 26.2 Å². The molecule has 1 N–H and O–H groups in total. The van der Waals surface area contributed by atoms with Gasteiger partial charge in [-0.15, -0.1) is 0 Å². The van der Waals surface area contributed by atoms with Gasteiger partial charge in [0.1, 0.15) is 5.75 Å². The van der Waals surface area contributed by atoms with Crippen LogP contribution in [-0.4, -0.2) is 48.5 Å². The molecule has 7 heteroatoms. The zero-order valence-electron chi connectivity index (χ0n) is 10.8. The third-order valence-electron chi connectivity index (χ3n) is 2.59. The molecule has 1 aromatic carbocycles. The summed E-state index contributed by atoms with van der Waals surface area (Å²) in [4.78, 5) is 11.2. The molecular weight excluding hydrogens is 291 g/mol. The van der Waals surface area contributed by atoms with Crippen molar-refractivity contribution < 1.29 is 22.5 Å². The molecule has 0 atom stereocenters. The quantitative estimate of drug-likeness (QED) is 0.274. The molecule has 1 rings (SSSR count). The van der Waals surface area contributed by atoms with E-state index >= 15 is 0 Å². The van der Waals surface area contributed by atoms with E-state index in [1.807, 2.05) is 0 Å². The normalized spacial score (nSPS) is 10.7. The first-order valence-electron chi connectivity index (χ1n) is 6.21. The van der Waals surface area contributed by atoms with Crippen LogP contribution in [0, 0.1) is 0 Å². The molecule has 0 aliphatic heterocycles. The van der Waals surface area contributed by atoms with E-state index in [2.05, 4.69) is 6.92 Å². The van der Waals surface area contributed by atoms with Gasteiger partial charge in [-0.05, 0) is 30.7 Å². The first-order valence-corrected chi connectivity index (χ1v) is 7.65. The van der Waals surface area contributed by atoms with E-state index in [9.17, 15) is 13.2 Å². The first-order chi connectivity index (χ1) is 8.93. The minimum atomic E-state index is -4.21. The number of rotatable bonds is 7. The molecule has 0 aliphatic rings. The number of esters is 1. The SMILES string of the molecule is CCCCCCC(=O)Oc1ccc(S(=O)(=O)O)cc1.[NaH]. The number of hydrogen-bond acceptors (Lipinski definition) is 4. The fraction of sp³-hybridized carbons (Fsp3) is 0.462. The van der Waals surface area contributed by atoms with Crippen LogP contribution in [0.15, 0.2) is 29.2 Å². The Hall–Kier alpha value is -0.400. The molecule has 0 radical (unpaired) electrons. The Balaban J connectivity index is 0.00000361. The van der Waals surface area contributed by atoms with Crippen LogP contribution >= 0.6 is 0 Å². The Labute approximate surface area is 141 Å². The maximum atomic E-state index is 11.5. The van der Waals surface area contributed by atoms with Gasteiger partial charge in [0.25, 0.3) is 10.1 Å². The molecule has 0 fully saturated rings. The standard InChI is InChI=1S/C13H18O5S.Na.H/c1-2-3-4-5-6-13(14)18-11-7-9-12(10-8-11)19(15,16)17;;/h7-10H,2-6H2,1H3,(H,15,16,17);;. The van der Waals surface area contributed by atoms with E-state index in [0.29, 0.717) is 6.42 Å². The van der Waals surface area contributed by atoms with Crippen molar-refractivity contribution in [3.05, 3.63) is 24.3 Å². The average molecular weight is 310 g/mol. The van der Waals surface area contributed by atoms with Gasteiger partial charge in [0.15, 0.2) is 0 Å². The monoisotopic (exact) mass is 310 g/mol. The summed E-state index contributed by atoms with van der Waals surface area (Å²) in [6.45, 7) is 2.09. The minimum absolute atomic E-state index is 0. The number of carbonyl (C=O) groups excluding carboxylic acids is 1. The molecular formula is C13H19NaO5S. The fourth-order valence-corrected chi connectivity index (χ4v) is 2.04. The third kappa shape index (κ3) is 7.40. The van der Waals surface area contributed by atoms with E-state index < -0.39 is 10.1 Å². The van der Waals surface area contributed by atoms with Gasteiger partial charge in [0, 0.05) is 6.42 Å². The Kier molecular flexibility index (Phi) is 9.33. The zero-order valence-corrected chi connectivity index (χ0v) is 11.6. The molecule has 0 spiro atoms. The predicted molar refractivity (Wildman–Crippen MR) is 77.8 cm³/mol. The second kappa shape index (κ2) is 9.52. The molecule has 0 aliphatic carbocycles. The molecule has 0 saturated carbocycles. The van der Waals surface area contributed by atoms with Crippen molar-refractivity contribution >= 4 is 45.6 Å². The molecule has 0 aromatic heterocycles. The Morgan fingerprint density at radius 3 is 2.25 bits per heavy atom. The van der Waals surface area contributed by atoms with Crippen LogP contribution in [-0.2, 0) is 14.9 Å². The third-order valence-corrected chi connectivity index (χ3v) is 3.46. The van der Waals surface area contributed by atoms with E-state index in [1.54, 1.807) is 0 Å². The summed E-state index contributed by atoms with van der Waals surface area (Å²) in [6, 6.07) is 5.06. The van der Waals surface area contributed by atoms with Gasteiger partial charge in [0.2, 0.25) is 0 Å². The summed E-state index contributed by atoms with van der Waals surface area (Å²) < 4.78 is 35.5. The number of carbonyl (C=O) groups is 1. The van der Waals surface area contributed by atoms with Gasteiger partial charge >= 0.3 is 35.5 Å². The van der Waals surface area contributed by atoms with Crippen molar-refractivity contribution in [2.45, 2.75) is 43.9 Å². The summed E-state index contributed by atoms with van der Waals surface area (Å²) in [5.74, 6) is -0.0661. The Morgan fingerprint density at radius 1 is 1.15 bits per heavy atom. The van der Waals surface area contributed by atoms with Crippen molar-refractivity contribution in [3.8, 4) is 5.75 Å². The maximum absolute atomic E-state index is 11.5. The van der Waals surface area contributed by atoms with Gasteiger partial charge in [-0.2, -0.15) is 8.42 Å². The van der Waals surface area contributed by atoms with Crippen LogP contribution in [0.5, 0.6) is 5.75 Å². The van der Waals surface area contributed by atoms with Crippen molar-refractivity contribution in [1.82, 2.24) is 0 Å². The summed E-state index contributed by atoms with van der Waals surface area (Å²) in [5.41, 5.74) is 0.